The molecule has 0 heterocycles. The van der Waals surface area contributed by atoms with E-state index in [2.05, 4.69) is 0 Å². The van der Waals surface area contributed by atoms with Gasteiger partial charge in [-0.15, -0.1) is 0 Å². The number of carboxylic acid groups (broad SMARTS) is 1. The fourth-order valence-electron chi connectivity index (χ4n) is 3.80. The van der Waals surface area contributed by atoms with E-state index in [0.29, 0.717) is 0 Å². The first-order valence-corrected chi connectivity index (χ1v) is 10.4. The maximum Gasteiger partial charge on any atom is 0.420 e. The molecule has 2 amide bonds. The summed E-state index contributed by atoms with van der Waals surface area (Å²) in [5.74, 6) is -4.28. The second-order valence-corrected chi connectivity index (χ2v) is 8.09. The van der Waals surface area contributed by atoms with E-state index in [-0.39, 0.29) is 13.5 Å². The van der Waals surface area contributed by atoms with Gasteiger partial charge in [-0.3, -0.25) is 14.9 Å². The number of hydrogen-bond donors (Lipinski definition) is 3. The Labute approximate surface area is 196 Å². The molecule has 1 aliphatic carbocycles. The monoisotopic (exact) mass is 500 g/mol. The van der Waals surface area contributed by atoms with Crippen LogP contribution in [0.15, 0.2) is 48.5 Å². The van der Waals surface area contributed by atoms with Gasteiger partial charge in [0.2, 0.25) is 5.54 Å². The van der Waals surface area contributed by atoms with Crippen LogP contribution in [0.5, 0.6) is 0 Å². The van der Waals surface area contributed by atoms with Crippen LogP contribution >= 0.6 is 0 Å². The average molecular weight is 500 g/mol. The summed E-state index contributed by atoms with van der Waals surface area (Å²) in [5.41, 5.74) is -0.306. The molecule has 0 saturated carbocycles. The minimum absolute atomic E-state index is 0.271. The van der Waals surface area contributed by atoms with E-state index in [0.717, 1.165) is 22.3 Å². The quantitative estimate of drug-likeness (QED) is 0.474. The van der Waals surface area contributed by atoms with Crippen LogP contribution in [0.1, 0.15) is 30.4 Å². The molecule has 3 rings (SSSR count). The maximum atomic E-state index is 13.7. The van der Waals surface area contributed by atoms with Crippen molar-refractivity contribution >= 4 is 18.0 Å². The number of aliphatic carboxylic acids is 1. The lowest BCUT2D eigenvalue weighted by Gasteiger charge is -2.32. The predicted octanol–water partition coefficient (Wildman–Crippen LogP) is 4.07. The highest BCUT2D eigenvalue weighted by atomic mass is 19.4. The molecule has 2 aromatic carbocycles. The van der Waals surface area contributed by atoms with Crippen LogP contribution in [-0.4, -0.2) is 53.9 Å². The lowest BCUT2D eigenvalue weighted by atomic mass is 9.98. The minimum atomic E-state index is -5.42. The smallest absolute Gasteiger partial charge is 0.420 e. The molecule has 0 aromatic heterocycles. The number of rotatable bonds is 8. The molecule has 188 valence electrons. The number of halogens is 5. The van der Waals surface area contributed by atoms with Crippen molar-refractivity contribution in [1.82, 2.24) is 10.6 Å². The van der Waals surface area contributed by atoms with Crippen LogP contribution in [0.2, 0.25) is 0 Å². The van der Waals surface area contributed by atoms with Gasteiger partial charge in [0.15, 0.2) is 0 Å². The Hall–Kier alpha value is -3.70. The van der Waals surface area contributed by atoms with E-state index in [1.807, 2.05) is 24.3 Å². The predicted molar refractivity (Wildman–Crippen MR) is 113 cm³/mol. The number of carbonyl (C=O) groups is 3. The number of fused-ring (bicyclic) bond motifs is 3. The van der Waals surface area contributed by atoms with Gasteiger partial charge in [0, 0.05) is 5.92 Å². The summed E-state index contributed by atoms with van der Waals surface area (Å²) < 4.78 is 72.3. The first-order chi connectivity index (χ1) is 16.3. The standard InChI is InChI=1S/C23H21F5N2O5/c1-22(23(26,27)28,20(33)29-17(19(24)25)10-18(31)32)30-21(34)35-11-16-14-8-4-2-6-12(14)13-7-3-5-9-15(13)16/h2-9,16-17,19H,10-11H2,1H3,(H,29,33)(H,30,34)(H,31,32). The topological polar surface area (TPSA) is 105 Å². The molecule has 3 N–H and O–H groups in total. The van der Waals surface area contributed by atoms with E-state index in [1.165, 1.54) is 10.6 Å². The molecular formula is C23H21F5N2O5. The van der Waals surface area contributed by atoms with E-state index in [1.54, 1.807) is 24.3 Å². The Kier molecular flexibility index (Phi) is 7.32. The highest BCUT2D eigenvalue weighted by Crippen LogP contribution is 2.44. The summed E-state index contributed by atoms with van der Waals surface area (Å²) in [6, 6.07) is 12.1. The van der Waals surface area contributed by atoms with E-state index >= 15 is 0 Å². The number of hydrogen-bond acceptors (Lipinski definition) is 4. The van der Waals surface area contributed by atoms with Gasteiger partial charge in [-0.2, -0.15) is 13.2 Å². The first-order valence-electron chi connectivity index (χ1n) is 10.4. The fourth-order valence-corrected chi connectivity index (χ4v) is 3.80. The lowest BCUT2D eigenvalue weighted by molar-refractivity contribution is -0.195. The zero-order valence-corrected chi connectivity index (χ0v) is 18.2. The summed E-state index contributed by atoms with van der Waals surface area (Å²) in [7, 11) is 0. The summed E-state index contributed by atoms with van der Waals surface area (Å²) in [4.78, 5) is 35.3. The number of ether oxygens (including phenoxy) is 1. The van der Waals surface area contributed by atoms with Gasteiger partial charge in [-0.25, -0.2) is 13.6 Å². The van der Waals surface area contributed by atoms with E-state index < -0.39 is 54.5 Å². The van der Waals surface area contributed by atoms with Crippen molar-refractivity contribution < 1.29 is 46.2 Å². The van der Waals surface area contributed by atoms with Crippen molar-refractivity contribution in [3.05, 3.63) is 59.7 Å². The van der Waals surface area contributed by atoms with Gasteiger partial charge < -0.3 is 15.2 Å². The zero-order chi connectivity index (χ0) is 26.0. The lowest BCUT2D eigenvalue weighted by Crippen LogP contribution is -2.66. The third-order valence-corrected chi connectivity index (χ3v) is 5.73. The number of carbonyl (C=O) groups excluding carboxylic acids is 2. The third kappa shape index (κ3) is 5.36. The average Bonchev–Trinajstić information content (AvgIpc) is 3.09. The van der Waals surface area contributed by atoms with Crippen molar-refractivity contribution in [3.63, 3.8) is 0 Å². The van der Waals surface area contributed by atoms with Gasteiger partial charge >= 0.3 is 18.2 Å². The van der Waals surface area contributed by atoms with E-state index in [9.17, 15) is 36.3 Å². The number of amides is 2. The molecule has 0 saturated heterocycles. The molecule has 0 aliphatic heterocycles. The molecule has 7 nitrogen and oxygen atoms in total. The highest BCUT2D eigenvalue weighted by molar-refractivity contribution is 5.91. The molecule has 12 heteroatoms. The molecule has 35 heavy (non-hydrogen) atoms. The summed E-state index contributed by atoms with van der Waals surface area (Å²) in [6.07, 6.45) is -11.8. The largest absolute Gasteiger partial charge is 0.481 e. The Morgan fingerprint density at radius 1 is 1.00 bits per heavy atom. The van der Waals surface area contributed by atoms with Crippen molar-refractivity contribution in [3.8, 4) is 11.1 Å². The molecule has 2 atom stereocenters. The second-order valence-electron chi connectivity index (χ2n) is 8.09. The number of alkyl halides is 5. The van der Waals surface area contributed by atoms with Gasteiger partial charge in [0.1, 0.15) is 12.6 Å². The molecule has 0 fully saturated rings. The van der Waals surface area contributed by atoms with Gasteiger partial charge in [-0.1, -0.05) is 48.5 Å². The van der Waals surface area contributed by atoms with Gasteiger partial charge in [0.05, 0.1) is 6.42 Å². The number of benzene rings is 2. The van der Waals surface area contributed by atoms with Crippen LogP contribution in [0.3, 0.4) is 0 Å². The Balaban J connectivity index is 1.75. The summed E-state index contributed by atoms with van der Waals surface area (Å²) >= 11 is 0. The highest BCUT2D eigenvalue weighted by Gasteiger charge is 2.59. The van der Waals surface area contributed by atoms with Crippen molar-refractivity contribution in [2.45, 2.75) is 43.4 Å². The van der Waals surface area contributed by atoms with Crippen LogP contribution in [0.4, 0.5) is 26.7 Å². The van der Waals surface area contributed by atoms with Crippen molar-refractivity contribution in [1.29, 1.82) is 0 Å². The molecule has 2 aromatic rings. The van der Waals surface area contributed by atoms with E-state index in [4.69, 9.17) is 9.84 Å². The van der Waals surface area contributed by atoms with Gasteiger partial charge in [-0.05, 0) is 29.2 Å². The first kappa shape index (κ1) is 25.9. The Morgan fingerprint density at radius 2 is 1.51 bits per heavy atom. The summed E-state index contributed by atoms with van der Waals surface area (Å²) in [5, 5.41) is 11.4. The fraction of sp³-hybridized carbons (Fsp3) is 0.348. The minimum Gasteiger partial charge on any atom is -0.481 e. The van der Waals surface area contributed by atoms with Gasteiger partial charge in [0.25, 0.3) is 12.3 Å². The number of nitrogens with one attached hydrogen (secondary N) is 2. The van der Waals surface area contributed by atoms with Crippen LogP contribution in [0, 0.1) is 0 Å². The molecule has 0 radical (unpaired) electrons. The second kappa shape index (κ2) is 9.88. The van der Waals surface area contributed by atoms with Crippen molar-refractivity contribution in [2.24, 2.45) is 0 Å². The number of carboxylic acids is 1. The Bertz CT molecular complexity index is 1080. The normalized spacial score (nSPS) is 15.5. The summed E-state index contributed by atoms with van der Waals surface area (Å²) in [6.45, 7) is -0.0822. The van der Waals surface area contributed by atoms with Crippen LogP contribution in [0.25, 0.3) is 11.1 Å². The Morgan fingerprint density at radius 3 is 1.97 bits per heavy atom. The molecule has 0 spiro atoms. The molecule has 1 aliphatic rings. The van der Waals surface area contributed by atoms with Crippen LogP contribution in [-0.2, 0) is 14.3 Å². The molecular weight excluding hydrogens is 479 g/mol. The molecule has 0 bridgehead atoms. The zero-order valence-electron chi connectivity index (χ0n) is 18.2. The maximum absolute atomic E-state index is 13.7. The SMILES string of the molecule is CC(NC(=O)OCC1c2ccccc2-c2ccccc21)(C(=O)NC(CC(=O)O)C(F)F)C(F)(F)F. The molecule has 2 unspecified atom stereocenters. The van der Waals surface area contributed by atoms with Crippen LogP contribution < -0.4 is 10.6 Å². The van der Waals surface area contributed by atoms with Crippen molar-refractivity contribution in [2.75, 3.05) is 6.61 Å². The third-order valence-electron chi connectivity index (χ3n) is 5.73. The number of alkyl carbamates (subject to hydrolysis) is 1.